The van der Waals surface area contributed by atoms with Crippen LogP contribution in [0.25, 0.3) is 0 Å². The summed E-state index contributed by atoms with van der Waals surface area (Å²) >= 11 is 0. The van der Waals surface area contributed by atoms with Gasteiger partial charge in [-0.05, 0) is 60.4 Å². The molecule has 0 spiro atoms. The first kappa shape index (κ1) is 15.2. The fraction of sp³-hybridized carbons (Fsp3) is 0.143. The van der Waals surface area contributed by atoms with Crippen LogP contribution in [0.5, 0.6) is 17.2 Å². The van der Waals surface area contributed by atoms with Crippen molar-refractivity contribution in [2.24, 2.45) is 0 Å². The topological polar surface area (TPSA) is 18.5 Å². The lowest BCUT2D eigenvalue weighted by Gasteiger charge is -2.08. The van der Waals surface area contributed by atoms with Crippen LogP contribution in [0.2, 0.25) is 0 Å². The van der Waals surface area contributed by atoms with E-state index in [1.807, 2.05) is 54.6 Å². The number of ether oxygens (including phenoxy) is 2. The summed E-state index contributed by atoms with van der Waals surface area (Å²) < 4.78 is 11.1. The Morgan fingerprint density at radius 2 is 1.30 bits per heavy atom. The molecule has 0 aliphatic rings. The van der Waals surface area contributed by atoms with Gasteiger partial charge in [-0.2, -0.15) is 0 Å². The summed E-state index contributed by atoms with van der Waals surface area (Å²) in [6, 6.07) is 26.4. The average molecular weight is 304 g/mol. The molecule has 3 aromatic rings. The summed E-state index contributed by atoms with van der Waals surface area (Å²) in [5.74, 6) is 2.63. The molecule has 0 aliphatic carbocycles. The normalized spacial score (nSPS) is 10.3. The molecule has 0 atom stereocenters. The van der Waals surface area contributed by atoms with Gasteiger partial charge in [0, 0.05) is 0 Å². The third-order valence-corrected chi connectivity index (χ3v) is 3.74. The molecular formula is C21H20O2. The molecule has 0 saturated heterocycles. The smallest absolute Gasteiger partial charge is 0.127 e. The first-order chi connectivity index (χ1) is 11.3. The SMILES string of the molecule is COc1ccc(CCc2cccc(Oc3ccccc3)c2)cc1. The van der Waals surface area contributed by atoms with Gasteiger partial charge in [0.05, 0.1) is 7.11 Å². The van der Waals surface area contributed by atoms with Crippen LogP contribution in [-0.2, 0) is 12.8 Å². The van der Waals surface area contributed by atoms with Gasteiger partial charge >= 0.3 is 0 Å². The molecule has 0 saturated carbocycles. The fourth-order valence-corrected chi connectivity index (χ4v) is 2.47. The largest absolute Gasteiger partial charge is 0.497 e. The van der Waals surface area contributed by atoms with Crippen molar-refractivity contribution in [3.05, 3.63) is 90.0 Å². The van der Waals surface area contributed by atoms with Crippen molar-refractivity contribution in [3.63, 3.8) is 0 Å². The summed E-state index contributed by atoms with van der Waals surface area (Å²) in [6.45, 7) is 0. The van der Waals surface area contributed by atoms with Gasteiger partial charge in [0.25, 0.3) is 0 Å². The average Bonchev–Trinajstić information content (AvgIpc) is 2.62. The van der Waals surface area contributed by atoms with E-state index >= 15 is 0 Å². The Morgan fingerprint density at radius 3 is 2.04 bits per heavy atom. The van der Waals surface area contributed by atoms with Gasteiger partial charge in [0.15, 0.2) is 0 Å². The highest BCUT2D eigenvalue weighted by molar-refractivity contribution is 5.34. The van der Waals surface area contributed by atoms with Crippen molar-refractivity contribution < 1.29 is 9.47 Å². The second-order valence-corrected chi connectivity index (χ2v) is 5.41. The van der Waals surface area contributed by atoms with Crippen LogP contribution in [-0.4, -0.2) is 7.11 Å². The zero-order chi connectivity index (χ0) is 15.9. The van der Waals surface area contributed by atoms with Crippen molar-refractivity contribution in [2.75, 3.05) is 7.11 Å². The number of methoxy groups -OCH3 is 1. The lowest BCUT2D eigenvalue weighted by Crippen LogP contribution is -1.93. The van der Waals surface area contributed by atoms with Crippen molar-refractivity contribution in [3.8, 4) is 17.2 Å². The molecule has 0 aliphatic heterocycles. The number of rotatable bonds is 6. The molecule has 0 amide bonds. The van der Waals surface area contributed by atoms with Crippen LogP contribution < -0.4 is 9.47 Å². The summed E-state index contributed by atoms with van der Waals surface area (Å²) in [4.78, 5) is 0. The molecule has 116 valence electrons. The lowest BCUT2D eigenvalue weighted by atomic mass is 10.0. The first-order valence-corrected chi connectivity index (χ1v) is 7.78. The molecule has 3 aromatic carbocycles. The Balaban J connectivity index is 1.63. The van der Waals surface area contributed by atoms with E-state index in [4.69, 9.17) is 9.47 Å². The highest BCUT2D eigenvalue weighted by atomic mass is 16.5. The van der Waals surface area contributed by atoms with E-state index in [-0.39, 0.29) is 0 Å². The standard InChI is InChI=1S/C21H20O2/c1-22-19-14-12-17(13-15-19)10-11-18-6-5-9-21(16-18)23-20-7-3-2-4-8-20/h2-9,12-16H,10-11H2,1H3. The van der Waals surface area contributed by atoms with Crippen LogP contribution >= 0.6 is 0 Å². The molecular weight excluding hydrogens is 284 g/mol. The Hall–Kier alpha value is -2.74. The predicted molar refractivity (Wildman–Crippen MR) is 93.4 cm³/mol. The Kier molecular flexibility index (Phi) is 4.95. The van der Waals surface area contributed by atoms with Gasteiger partial charge in [0.1, 0.15) is 17.2 Å². The number of aryl methyl sites for hydroxylation is 2. The summed E-state index contributed by atoms with van der Waals surface area (Å²) in [5.41, 5.74) is 2.58. The van der Waals surface area contributed by atoms with Gasteiger partial charge in [-0.15, -0.1) is 0 Å². The number of para-hydroxylation sites is 1. The zero-order valence-electron chi connectivity index (χ0n) is 13.2. The monoisotopic (exact) mass is 304 g/mol. The third-order valence-electron chi connectivity index (χ3n) is 3.74. The van der Waals surface area contributed by atoms with E-state index in [0.29, 0.717) is 0 Å². The number of hydrogen-bond acceptors (Lipinski definition) is 2. The zero-order valence-corrected chi connectivity index (χ0v) is 13.2. The van der Waals surface area contributed by atoms with Crippen LogP contribution in [0, 0.1) is 0 Å². The maximum atomic E-state index is 5.88. The van der Waals surface area contributed by atoms with Gasteiger partial charge in [-0.25, -0.2) is 0 Å². The summed E-state index contributed by atoms with van der Waals surface area (Å²) in [7, 11) is 1.69. The minimum atomic E-state index is 0.861. The van der Waals surface area contributed by atoms with Crippen LogP contribution in [0.1, 0.15) is 11.1 Å². The summed E-state index contributed by atoms with van der Waals surface area (Å²) in [5, 5.41) is 0. The van der Waals surface area contributed by atoms with Crippen molar-refractivity contribution in [1.29, 1.82) is 0 Å². The van der Waals surface area contributed by atoms with E-state index in [0.717, 1.165) is 30.1 Å². The Labute approximate surface area is 137 Å². The molecule has 23 heavy (non-hydrogen) atoms. The van der Waals surface area contributed by atoms with Crippen LogP contribution in [0.15, 0.2) is 78.9 Å². The van der Waals surface area contributed by atoms with Gasteiger partial charge in [0.2, 0.25) is 0 Å². The molecule has 0 radical (unpaired) electrons. The quantitative estimate of drug-likeness (QED) is 0.617. The summed E-state index contributed by atoms with van der Waals surface area (Å²) in [6.07, 6.45) is 1.98. The fourth-order valence-electron chi connectivity index (χ4n) is 2.47. The molecule has 2 heteroatoms. The second-order valence-electron chi connectivity index (χ2n) is 5.41. The maximum absolute atomic E-state index is 5.88. The minimum Gasteiger partial charge on any atom is -0.497 e. The highest BCUT2D eigenvalue weighted by Gasteiger charge is 2.01. The maximum Gasteiger partial charge on any atom is 0.127 e. The molecule has 3 rings (SSSR count). The first-order valence-electron chi connectivity index (χ1n) is 7.78. The minimum absolute atomic E-state index is 0.861. The van der Waals surface area contributed by atoms with E-state index in [2.05, 4.69) is 24.3 Å². The molecule has 0 N–H and O–H groups in total. The number of hydrogen-bond donors (Lipinski definition) is 0. The molecule has 2 nitrogen and oxygen atoms in total. The van der Waals surface area contributed by atoms with Gasteiger partial charge < -0.3 is 9.47 Å². The molecule has 0 bridgehead atoms. The van der Waals surface area contributed by atoms with Crippen molar-refractivity contribution >= 4 is 0 Å². The van der Waals surface area contributed by atoms with Crippen molar-refractivity contribution in [2.45, 2.75) is 12.8 Å². The second kappa shape index (κ2) is 7.50. The van der Waals surface area contributed by atoms with E-state index in [1.165, 1.54) is 11.1 Å². The van der Waals surface area contributed by atoms with Gasteiger partial charge in [-0.1, -0.05) is 42.5 Å². The Morgan fingerprint density at radius 1 is 0.609 bits per heavy atom. The molecule has 0 fully saturated rings. The predicted octanol–water partition coefficient (Wildman–Crippen LogP) is 5.27. The molecule has 0 unspecified atom stereocenters. The van der Waals surface area contributed by atoms with Gasteiger partial charge in [-0.3, -0.25) is 0 Å². The van der Waals surface area contributed by atoms with E-state index in [9.17, 15) is 0 Å². The van der Waals surface area contributed by atoms with E-state index < -0.39 is 0 Å². The van der Waals surface area contributed by atoms with Crippen LogP contribution in [0.4, 0.5) is 0 Å². The third kappa shape index (κ3) is 4.36. The lowest BCUT2D eigenvalue weighted by molar-refractivity contribution is 0.414. The van der Waals surface area contributed by atoms with Crippen molar-refractivity contribution in [1.82, 2.24) is 0 Å². The van der Waals surface area contributed by atoms with E-state index in [1.54, 1.807) is 7.11 Å². The number of benzene rings is 3. The molecule has 0 heterocycles. The Bertz CT molecular complexity index is 733. The van der Waals surface area contributed by atoms with Crippen LogP contribution in [0.3, 0.4) is 0 Å². The molecule has 0 aromatic heterocycles. The highest BCUT2D eigenvalue weighted by Crippen LogP contribution is 2.22.